The highest BCUT2D eigenvalue weighted by Gasteiger charge is 2.42. The molecule has 0 amide bonds. The molecule has 0 saturated carbocycles. The Bertz CT molecular complexity index is 975. The van der Waals surface area contributed by atoms with Crippen molar-refractivity contribution in [2.45, 2.75) is 71.1 Å². The lowest BCUT2D eigenvalue weighted by Gasteiger charge is -2.40. The van der Waals surface area contributed by atoms with E-state index in [-0.39, 0.29) is 10.8 Å². The van der Waals surface area contributed by atoms with Crippen LogP contribution in [0.5, 0.6) is 0 Å². The lowest BCUT2D eigenvalue weighted by molar-refractivity contribution is 0.0695. The molecule has 0 spiro atoms. The van der Waals surface area contributed by atoms with Crippen LogP contribution >= 0.6 is 11.3 Å². The van der Waals surface area contributed by atoms with Gasteiger partial charge in [0.15, 0.2) is 6.23 Å². The van der Waals surface area contributed by atoms with Gasteiger partial charge in [0.2, 0.25) is 0 Å². The summed E-state index contributed by atoms with van der Waals surface area (Å²) in [4.78, 5) is 13.3. The fraction of sp³-hybridized carbons (Fsp3) is 0.560. The zero-order valence-electron chi connectivity index (χ0n) is 19.3. The van der Waals surface area contributed by atoms with E-state index in [0.29, 0.717) is 22.2 Å². The third-order valence-electron chi connectivity index (χ3n) is 6.50. The summed E-state index contributed by atoms with van der Waals surface area (Å²) >= 11 is 1.47. The Morgan fingerprint density at radius 2 is 1.81 bits per heavy atom. The molecule has 1 atom stereocenters. The van der Waals surface area contributed by atoms with E-state index < -0.39 is 12.2 Å². The molecule has 4 rings (SSSR count). The van der Waals surface area contributed by atoms with E-state index in [4.69, 9.17) is 4.74 Å². The van der Waals surface area contributed by atoms with Crippen LogP contribution in [0.15, 0.2) is 24.3 Å². The molecule has 1 aromatic heterocycles. The van der Waals surface area contributed by atoms with Crippen LogP contribution < -0.4 is 10.6 Å². The van der Waals surface area contributed by atoms with Crippen LogP contribution in [0.4, 0.5) is 10.7 Å². The molecule has 2 heterocycles. The maximum Gasteiger partial charge on any atom is 0.338 e. The molecule has 1 saturated heterocycles. The Hall–Kier alpha value is -2.09. The number of carbonyl (C=O) groups is 1. The van der Waals surface area contributed by atoms with Crippen molar-refractivity contribution in [3.05, 3.63) is 45.8 Å². The molecular weight excluding hydrogens is 424 g/mol. The standard InChI is InChI=1S/C25H34N2O4S/c1-24(2)13-18-19(23(29)30)22(32-20(18)25(3,4)14-24)27-21(28)15-5-7-16(8-6-15)26-17-9-11-31-12-10-17/h5-8,17,21,26-28H,9-14H2,1-4H3,(H,29,30). The number of thiophene rings is 1. The number of fused-ring (bicyclic) bond motifs is 1. The van der Waals surface area contributed by atoms with Gasteiger partial charge in [-0.2, -0.15) is 0 Å². The third-order valence-corrected chi connectivity index (χ3v) is 8.03. The minimum absolute atomic E-state index is 0.0327. The topological polar surface area (TPSA) is 90.8 Å². The van der Waals surface area contributed by atoms with Crippen LogP contribution in [0, 0.1) is 5.41 Å². The normalized spacial score (nSPS) is 20.9. The van der Waals surface area contributed by atoms with E-state index in [2.05, 4.69) is 38.3 Å². The number of nitrogens with one attached hydrogen (secondary N) is 2. The molecule has 7 heteroatoms. The molecule has 4 N–H and O–H groups in total. The van der Waals surface area contributed by atoms with Gasteiger partial charge in [0, 0.05) is 35.4 Å². The van der Waals surface area contributed by atoms with E-state index in [1.165, 1.54) is 11.3 Å². The number of rotatable bonds is 6. The van der Waals surface area contributed by atoms with Gasteiger partial charge in [-0.05, 0) is 54.2 Å². The summed E-state index contributed by atoms with van der Waals surface area (Å²) in [5.41, 5.74) is 2.86. The molecular formula is C25H34N2O4S. The maximum atomic E-state index is 12.2. The lowest BCUT2D eigenvalue weighted by Crippen LogP contribution is -2.34. The first kappa shape index (κ1) is 23.1. The predicted molar refractivity (Wildman–Crippen MR) is 129 cm³/mol. The SMILES string of the molecule is CC1(C)Cc2c(sc(NC(O)c3ccc(NC4CCOCC4)cc3)c2C(=O)O)C(C)(C)C1. The summed E-state index contributed by atoms with van der Waals surface area (Å²) in [6.45, 7) is 10.3. The Morgan fingerprint density at radius 3 is 2.44 bits per heavy atom. The number of hydrogen-bond acceptors (Lipinski definition) is 6. The van der Waals surface area contributed by atoms with Crippen LogP contribution in [0.3, 0.4) is 0 Å². The quantitative estimate of drug-likeness (QED) is 0.434. The highest BCUT2D eigenvalue weighted by atomic mass is 32.1. The van der Waals surface area contributed by atoms with Crippen molar-refractivity contribution in [2.24, 2.45) is 5.41 Å². The van der Waals surface area contributed by atoms with Crippen LogP contribution in [0.25, 0.3) is 0 Å². The summed E-state index contributed by atoms with van der Waals surface area (Å²) in [7, 11) is 0. The zero-order chi connectivity index (χ0) is 23.1. The molecule has 6 nitrogen and oxygen atoms in total. The maximum absolute atomic E-state index is 12.2. The fourth-order valence-electron chi connectivity index (χ4n) is 5.37. The second kappa shape index (κ2) is 8.69. The molecule has 174 valence electrons. The summed E-state index contributed by atoms with van der Waals surface area (Å²) in [5.74, 6) is -0.943. The first-order valence-corrected chi connectivity index (χ1v) is 12.2. The van der Waals surface area contributed by atoms with Crippen LogP contribution in [0.1, 0.15) is 79.5 Å². The smallest absolute Gasteiger partial charge is 0.338 e. The molecule has 0 bridgehead atoms. The van der Waals surface area contributed by atoms with E-state index in [0.717, 1.165) is 55.0 Å². The van der Waals surface area contributed by atoms with Crippen molar-refractivity contribution in [1.29, 1.82) is 0 Å². The number of carboxylic acids is 1. The van der Waals surface area contributed by atoms with Gasteiger partial charge in [-0.15, -0.1) is 11.3 Å². The van der Waals surface area contributed by atoms with Gasteiger partial charge in [0.25, 0.3) is 0 Å². The van der Waals surface area contributed by atoms with Gasteiger partial charge in [-0.1, -0.05) is 39.8 Å². The number of aromatic carboxylic acids is 1. The molecule has 1 fully saturated rings. The zero-order valence-corrected chi connectivity index (χ0v) is 20.1. The van der Waals surface area contributed by atoms with Gasteiger partial charge < -0.3 is 25.6 Å². The summed E-state index contributed by atoms with van der Waals surface area (Å²) in [6, 6.07) is 8.07. The highest BCUT2D eigenvalue weighted by Crippen LogP contribution is 2.52. The first-order valence-electron chi connectivity index (χ1n) is 11.3. The molecule has 1 aliphatic heterocycles. The average molecular weight is 459 g/mol. The van der Waals surface area contributed by atoms with Crippen molar-refractivity contribution < 1.29 is 19.7 Å². The van der Waals surface area contributed by atoms with Crippen LogP contribution in [-0.2, 0) is 16.6 Å². The van der Waals surface area contributed by atoms with Crippen LogP contribution in [0.2, 0.25) is 0 Å². The van der Waals surface area contributed by atoms with Gasteiger partial charge in [0.1, 0.15) is 5.00 Å². The number of aliphatic hydroxyl groups is 1. The molecule has 1 aromatic carbocycles. The second-order valence-electron chi connectivity index (χ2n) is 10.5. The van der Waals surface area contributed by atoms with E-state index in [9.17, 15) is 15.0 Å². The van der Waals surface area contributed by atoms with Crippen LogP contribution in [-0.4, -0.2) is 35.4 Å². The average Bonchev–Trinajstić information content (AvgIpc) is 3.06. The predicted octanol–water partition coefficient (Wildman–Crippen LogP) is 5.39. The Balaban J connectivity index is 1.54. The fourth-order valence-corrected chi connectivity index (χ4v) is 6.71. The Kier molecular flexibility index (Phi) is 6.27. The van der Waals surface area contributed by atoms with Crippen molar-refractivity contribution in [3.63, 3.8) is 0 Å². The molecule has 1 aliphatic carbocycles. The Labute approximate surface area is 194 Å². The summed E-state index contributed by atoms with van der Waals surface area (Å²) in [6.07, 6.45) is 2.71. The van der Waals surface area contributed by atoms with Gasteiger partial charge in [-0.25, -0.2) is 4.79 Å². The second-order valence-corrected chi connectivity index (χ2v) is 11.5. The van der Waals surface area contributed by atoms with E-state index in [1.807, 2.05) is 24.3 Å². The van der Waals surface area contributed by atoms with Gasteiger partial charge in [0.05, 0.1) is 5.56 Å². The number of benzene rings is 1. The Morgan fingerprint density at radius 1 is 1.16 bits per heavy atom. The first-order chi connectivity index (χ1) is 15.1. The van der Waals surface area contributed by atoms with Gasteiger partial charge >= 0.3 is 5.97 Å². The molecule has 2 aliphatic rings. The highest BCUT2D eigenvalue weighted by molar-refractivity contribution is 7.17. The summed E-state index contributed by atoms with van der Waals surface area (Å²) < 4.78 is 5.40. The number of hydrogen-bond donors (Lipinski definition) is 4. The van der Waals surface area contributed by atoms with Crippen molar-refractivity contribution in [2.75, 3.05) is 23.8 Å². The largest absolute Gasteiger partial charge is 0.478 e. The number of anilines is 2. The van der Waals surface area contributed by atoms with Crippen molar-refractivity contribution in [3.8, 4) is 0 Å². The van der Waals surface area contributed by atoms with Gasteiger partial charge in [-0.3, -0.25) is 0 Å². The molecule has 32 heavy (non-hydrogen) atoms. The monoisotopic (exact) mass is 458 g/mol. The number of ether oxygens (including phenoxy) is 1. The van der Waals surface area contributed by atoms with E-state index in [1.54, 1.807) is 0 Å². The van der Waals surface area contributed by atoms with Crippen molar-refractivity contribution >= 4 is 28.0 Å². The summed E-state index contributed by atoms with van der Waals surface area (Å²) in [5, 5.41) is 28.0. The van der Waals surface area contributed by atoms with E-state index >= 15 is 0 Å². The molecule has 2 aromatic rings. The number of carboxylic acid groups (broad SMARTS) is 1. The third kappa shape index (κ3) is 4.80. The molecule has 0 radical (unpaired) electrons. The lowest BCUT2D eigenvalue weighted by atomic mass is 9.65. The number of aliphatic hydroxyl groups excluding tert-OH is 1. The van der Waals surface area contributed by atoms with Crippen molar-refractivity contribution in [1.82, 2.24) is 0 Å². The molecule has 1 unspecified atom stereocenters. The minimum Gasteiger partial charge on any atom is -0.478 e. The minimum atomic E-state index is -0.985.